The van der Waals surface area contributed by atoms with E-state index in [1.165, 1.54) is 30.3 Å². The fraction of sp³-hybridized carbons (Fsp3) is 0.375. The lowest BCUT2D eigenvalue weighted by atomic mass is 9.75. The maximum Gasteiger partial charge on any atom is 0.417 e. The summed E-state index contributed by atoms with van der Waals surface area (Å²) in [4.78, 5) is 16.2. The minimum absolute atomic E-state index is 0.00908. The van der Waals surface area contributed by atoms with E-state index in [0.717, 1.165) is 17.0 Å². The third kappa shape index (κ3) is 4.34. The molecule has 1 amide bonds. The summed E-state index contributed by atoms with van der Waals surface area (Å²) in [7, 11) is 0. The molecule has 0 aromatic heterocycles. The molecule has 2 fully saturated rings. The van der Waals surface area contributed by atoms with E-state index in [4.69, 9.17) is 27.3 Å². The van der Waals surface area contributed by atoms with Crippen molar-refractivity contribution in [1.29, 1.82) is 5.26 Å². The van der Waals surface area contributed by atoms with Gasteiger partial charge >= 0.3 is 6.18 Å². The maximum atomic E-state index is 13.6. The number of aliphatic hydroxyl groups excluding tert-OH is 2. The Labute approximate surface area is 209 Å². The second-order valence-corrected chi connectivity index (χ2v) is 8.97. The first-order valence-corrected chi connectivity index (χ1v) is 11.5. The van der Waals surface area contributed by atoms with Crippen molar-refractivity contribution in [3.63, 3.8) is 0 Å². The van der Waals surface area contributed by atoms with Gasteiger partial charge in [0.1, 0.15) is 5.54 Å². The Kier molecular flexibility index (Phi) is 6.83. The van der Waals surface area contributed by atoms with Crippen LogP contribution in [0.4, 0.5) is 24.5 Å². The smallest absolute Gasteiger partial charge is 0.417 e. The molecule has 190 valence electrons. The molecule has 2 aromatic carbocycles. The third-order valence-electron chi connectivity index (χ3n) is 6.40. The van der Waals surface area contributed by atoms with Crippen LogP contribution in [0.3, 0.4) is 0 Å². The average molecular weight is 522 g/mol. The molecular formula is C24H22F3N3O5S. The molecule has 0 bridgehead atoms. The van der Waals surface area contributed by atoms with Crippen LogP contribution >= 0.6 is 12.2 Å². The second kappa shape index (κ2) is 9.57. The van der Waals surface area contributed by atoms with Gasteiger partial charge in [-0.3, -0.25) is 9.69 Å². The molecule has 1 saturated heterocycles. The third-order valence-corrected chi connectivity index (χ3v) is 6.77. The summed E-state index contributed by atoms with van der Waals surface area (Å²) >= 11 is 5.58. The highest BCUT2D eigenvalue weighted by Crippen LogP contribution is 2.49. The van der Waals surface area contributed by atoms with E-state index in [0.29, 0.717) is 24.9 Å². The topological polar surface area (TPSA) is 117 Å². The molecule has 1 saturated carbocycles. The number of nitriles is 1. The van der Waals surface area contributed by atoms with Crippen LogP contribution < -0.4 is 14.5 Å². The first-order chi connectivity index (χ1) is 17.0. The van der Waals surface area contributed by atoms with Crippen molar-refractivity contribution in [3.05, 3.63) is 47.5 Å². The molecule has 1 aliphatic heterocycles. The highest BCUT2D eigenvalue weighted by Gasteiger charge is 2.59. The van der Waals surface area contributed by atoms with Crippen LogP contribution in [0.25, 0.3) is 0 Å². The van der Waals surface area contributed by atoms with Gasteiger partial charge < -0.3 is 25.0 Å². The van der Waals surface area contributed by atoms with Crippen LogP contribution in [0, 0.1) is 11.3 Å². The number of halogens is 3. The Morgan fingerprint density at radius 2 is 1.89 bits per heavy atom. The van der Waals surface area contributed by atoms with E-state index in [1.54, 1.807) is 4.90 Å². The highest BCUT2D eigenvalue weighted by molar-refractivity contribution is 7.81. The summed E-state index contributed by atoms with van der Waals surface area (Å²) in [6.45, 7) is -0.450. The van der Waals surface area contributed by atoms with E-state index in [1.807, 2.05) is 0 Å². The monoisotopic (exact) mass is 521 g/mol. The zero-order chi connectivity index (χ0) is 26.3. The zero-order valence-corrected chi connectivity index (χ0v) is 19.6. The van der Waals surface area contributed by atoms with Crippen LogP contribution in [0.2, 0.25) is 0 Å². The fourth-order valence-electron chi connectivity index (χ4n) is 4.37. The number of phenolic OH excluding ortho intramolecular Hbond substituents is 1. The predicted molar refractivity (Wildman–Crippen MR) is 127 cm³/mol. The summed E-state index contributed by atoms with van der Waals surface area (Å²) in [6.07, 6.45) is -4.12. The minimum atomic E-state index is -4.80. The second-order valence-electron chi connectivity index (χ2n) is 8.61. The summed E-state index contributed by atoms with van der Waals surface area (Å²) < 4.78 is 46.2. The van der Waals surface area contributed by atoms with Gasteiger partial charge in [-0.25, -0.2) is 0 Å². The number of thiocarbonyl (C=S) groups is 1. The Morgan fingerprint density at radius 1 is 1.19 bits per heavy atom. The van der Waals surface area contributed by atoms with Crippen LogP contribution in [0.1, 0.15) is 36.8 Å². The quantitative estimate of drug-likeness (QED) is 0.475. The minimum Gasteiger partial charge on any atom is -0.504 e. The lowest BCUT2D eigenvalue weighted by molar-refractivity contribution is -0.137. The Balaban J connectivity index is 1.71. The van der Waals surface area contributed by atoms with Crippen molar-refractivity contribution in [1.82, 2.24) is 0 Å². The molecule has 36 heavy (non-hydrogen) atoms. The lowest BCUT2D eigenvalue weighted by Crippen LogP contribution is -2.55. The van der Waals surface area contributed by atoms with Crippen molar-refractivity contribution in [2.75, 3.05) is 23.0 Å². The number of phenols is 1. The first kappa shape index (κ1) is 25.7. The molecular weight excluding hydrogens is 499 g/mol. The maximum absolute atomic E-state index is 13.6. The Bertz CT molecular complexity index is 1240. The fourth-order valence-corrected chi connectivity index (χ4v) is 4.83. The molecule has 3 N–H and O–H groups in total. The van der Waals surface area contributed by atoms with Crippen molar-refractivity contribution >= 4 is 34.6 Å². The standard InChI is InChI=1S/C24H22F3N3O5S/c25-24(26,27)18-10-15(3-2-14(18)12-28)29-21(34)23(7-1-8-23)30(22(29)36)16-4-5-19(33)20(11-16)35-9-6-17(32)13-31/h2-5,10-11,17,31-33H,1,6-9,13H2/t17-/m1/s1. The van der Waals surface area contributed by atoms with E-state index < -0.39 is 41.5 Å². The number of ether oxygens (including phenoxy) is 1. The van der Waals surface area contributed by atoms with E-state index in [9.17, 15) is 28.2 Å². The van der Waals surface area contributed by atoms with Crippen LogP contribution in [0.5, 0.6) is 11.5 Å². The molecule has 12 heteroatoms. The van der Waals surface area contributed by atoms with Gasteiger partial charge in [0.2, 0.25) is 0 Å². The van der Waals surface area contributed by atoms with Gasteiger partial charge in [-0.05, 0) is 61.8 Å². The normalized spacial score (nSPS) is 17.8. The average Bonchev–Trinajstić information content (AvgIpc) is 3.05. The van der Waals surface area contributed by atoms with Gasteiger partial charge in [0, 0.05) is 18.2 Å². The Hall–Kier alpha value is -3.40. The van der Waals surface area contributed by atoms with Crippen molar-refractivity contribution in [3.8, 4) is 17.6 Å². The number of alkyl halides is 3. The number of aromatic hydroxyl groups is 1. The predicted octanol–water partition coefficient (Wildman–Crippen LogP) is 3.47. The number of amides is 1. The number of benzene rings is 2. The molecule has 2 aromatic rings. The number of hydrogen-bond donors (Lipinski definition) is 3. The molecule has 2 aliphatic rings. The van der Waals surface area contributed by atoms with Crippen molar-refractivity contribution in [2.24, 2.45) is 0 Å². The van der Waals surface area contributed by atoms with Gasteiger partial charge in [0.15, 0.2) is 16.6 Å². The molecule has 1 heterocycles. The van der Waals surface area contributed by atoms with Gasteiger partial charge in [0.05, 0.1) is 42.2 Å². The summed E-state index contributed by atoms with van der Waals surface area (Å²) in [5, 5.41) is 37.7. The molecule has 1 aliphatic carbocycles. The number of nitrogens with zero attached hydrogens (tertiary/aromatic N) is 3. The summed E-state index contributed by atoms with van der Waals surface area (Å²) in [5.74, 6) is -0.619. The number of rotatable bonds is 7. The number of carbonyl (C=O) groups is 1. The number of aliphatic hydroxyl groups is 2. The number of hydrogen-bond acceptors (Lipinski definition) is 7. The molecule has 4 rings (SSSR count). The van der Waals surface area contributed by atoms with Gasteiger partial charge in [-0.2, -0.15) is 18.4 Å². The van der Waals surface area contributed by atoms with Gasteiger partial charge in [0.25, 0.3) is 5.91 Å². The van der Waals surface area contributed by atoms with E-state index >= 15 is 0 Å². The summed E-state index contributed by atoms with van der Waals surface area (Å²) in [6, 6.07) is 8.86. The van der Waals surface area contributed by atoms with Crippen molar-refractivity contribution in [2.45, 2.75) is 43.5 Å². The highest BCUT2D eigenvalue weighted by atomic mass is 32.1. The zero-order valence-electron chi connectivity index (χ0n) is 18.8. The molecule has 1 spiro atoms. The van der Waals surface area contributed by atoms with Gasteiger partial charge in [-0.1, -0.05) is 0 Å². The molecule has 8 nitrogen and oxygen atoms in total. The SMILES string of the molecule is N#Cc1ccc(N2C(=O)C3(CCC3)N(c3ccc(O)c(OCC[C@@H](O)CO)c3)C2=S)cc1C(F)(F)F. The van der Waals surface area contributed by atoms with Crippen LogP contribution in [-0.4, -0.2) is 51.2 Å². The van der Waals surface area contributed by atoms with Crippen LogP contribution in [0.15, 0.2) is 36.4 Å². The van der Waals surface area contributed by atoms with E-state index in [-0.39, 0.29) is 35.3 Å². The molecule has 1 atom stereocenters. The van der Waals surface area contributed by atoms with E-state index in [2.05, 4.69) is 0 Å². The van der Waals surface area contributed by atoms with Gasteiger partial charge in [-0.15, -0.1) is 0 Å². The summed E-state index contributed by atoms with van der Waals surface area (Å²) in [5.41, 5.74) is -2.52. The molecule has 0 radical (unpaired) electrons. The van der Waals surface area contributed by atoms with Crippen LogP contribution in [-0.2, 0) is 11.0 Å². The first-order valence-electron chi connectivity index (χ1n) is 11.1. The Morgan fingerprint density at radius 3 is 2.47 bits per heavy atom. The largest absolute Gasteiger partial charge is 0.504 e. The molecule has 0 unspecified atom stereocenters. The van der Waals surface area contributed by atoms with Crippen molar-refractivity contribution < 1.29 is 38.0 Å². The lowest BCUT2D eigenvalue weighted by Gasteiger charge is -2.43. The number of anilines is 2. The number of carbonyl (C=O) groups excluding carboxylic acids is 1.